The second kappa shape index (κ2) is 8.10. The van der Waals surface area contributed by atoms with Crippen molar-refractivity contribution >= 4 is 0 Å². The number of alkyl halides is 3. The number of unbranched alkanes of at least 4 members (excludes halogenated alkanes) is 3. The molecule has 0 aromatic rings. The van der Waals surface area contributed by atoms with Crippen molar-refractivity contribution in [1.82, 2.24) is 5.43 Å². The number of hydrogen-bond donors (Lipinski definition) is 2. The van der Waals surface area contributed by atoms with Crippen LogP contribution in [0.3, 0.4) is 0 Å². The summed E-state index contributed by atoms with van der Waals surface area (Å²) in [5.41, 5.74) is 2.82. The van der Waals surface area contributed by atoms with Gasteiger partial charge < -0.3 is 0 Å². The maximum Gasteiger partial charge on any atom is 0.391 e. The Balaban J connectivity index is 2.31. The molecule has 0 aromatic carbocycles. The van der Waals surface area contributed by atoms with Crippen LogP contribution in [0, 0.1) is 11.8 Å². The fourth-order valence-corrected chi connectivity index (χ4v) is 3.10. The molecule has 0 radical (unpaired) electrons. The van der Waals surface area contributed by atoms with Gasteiger partial charge in [-0.25, -0.2) is 0 Å². The Hall–Kier alpha value is -0.290. The minimum atomic E-state index is -4.02. The van der Waals surface area contributed by atoms with Gasteiger partial charge in [0.25, 0.3) is 0 Å². The van der Waals surface area contributed by atoms with Crippen molar-refractivity contribution < 1.29 is 13.2 Å². The Bertz CT molecular complexity index is 235. The van der Waals surface area contributed by atoms with Crippen LogP contribution >= 0.6 is 0 Å². The van der Waals surface area contributed by atoms with Crippen molar-refractivity contribution in [1.29, 1.82) is 0 Å². The second-order valence-electron chi connectivity index (χ2n) is 5.78. The Morgan fingerprint density at radius 3 is 2.21 bits per heavy atom. The Kier molecular flexibility index (Phi) is 7.15. The van der Waals surface area contributed by atoms with Gasteiger partial charge in [0, 0.05) is 6.04 Å². The van der Waals surface area contributed by atoms with E-state index in [9.17, 15) is 13.2 Å². The van der Waals surface area contributed by atoms with Crippen LogP contribution in [0.1, 0.15) is 64.7 Å². The van der Waals surface area contributed by atoms with E-state index >= 15 is 0 Å². The van der Waals surface area contributed by atoms with Crippen LogP contribution < -0.4 is 11.3 Å². The summed E-state index contributed by atoms with van der Waals surface area (Å²) >= 11 is 0. The number of hydrogen-bond acceptors (Lipinski definition) is 2. The molecule has 1 atom stereocenters. The molecule has 1 unspecified atom stereocenters. The third-order valence-corrected chi connectivity index (χ3v) is 4.39. The third-order valence-electron chi connectivity index (χ3n) is 4.39. The van der Waals surface area contributed by atoms with E-state index in [2.05, 4.69) is 12.3 Å². The molecule has 0 spiro atoms. The van der Waals surface area contributed by atoms with E-state index in [-0.39, 0.29) is 18.9 Å². The van der Waals surface area contributed by atoms with Crippen molar-refractivity contribution in [2.75, 3.05) is 0 Å². The largest absolute Gasteiger partial charge is 0.391 e. The van der Waals surface area contributed by atoms with Gasteiger partial charge in [0.15, 0.2) is 0 Å². The number of nitrogens with two attached hydrogens (primary N) is 1. The fourth-order valence-electron chi connectivity index (χ4n) is 3.10. The van der Waals surface area contributed by atoms with E-state index in [1.54, 1.807) is 0 Å². The topological polar surface area (TPSA) is 38.0 Å². The quantitative estimate of drug-likeness (QED) is 0.417. The molecule has 5 heteroatoms. The highest BCUT2D eigenvalue weighted by Gasteiger charge is 2.42. The Morgan fingerprint density at radius 1 is 1.11 bits per heavy atom. The number of hydrazine groups is 1. The first-order chi connectivity index (χ1) is 8.99. The van der Waals surface area contributed by atoms with Crippen molar-refractivity contribution in [3.8, 4) is 0 Å². The Morgan fingerprint density at radius 2 is 1.74 bits per heavy atom. The van der Waals surface area contributed by atoms with E-state index in [4.69, 9.17) is 5.84 Å². The van der Waals surface area contributed by atoms with Crippen LogP contribution in [0.4, 0.5) is 13.2 Å². The highest BCUT2D eigenvalue weighted by molar-refractivity contribution is 4.83. The fraction of sp³-hybridized carbons (Fsp3) is 1.00. The van der Waals surface area contributed by atoms with Gasteiger partial charge in [-0.05, 0) is 38.0 Å². The van der Waals surface area contributed by atoms with Gasteiger partial charge in [0.1, 0.15) is 0 Å². The summed E-state index contributed by atoms with van der Waals surface area (Å²) in [5.74, 6) is 4.78. The molecule has 114 valence electrons. The van der Waals surface area contributed by atoms with Crippen LogP contribution in [-0.2, 0) is 0 Å². The maximum absolute atomic E-state index is 12.6. The van der Waals surface area contributed by atoms with Gasteiger partial charge in [0.05, 0.1) is 5.92 Å². The van der Waals surface area contributed by atoms with Crippen LogP contribution in [0.2, 0.25) is 0 Å². The van der Waals surface area contributed by atoms with Gasteiger partial charge in [0.2, 0.25) is 0 Å². The SMILES string of the molecule is CCCCCCC(NN)C1CCC(C(F)(F)F)CC1. The van der Waals surface area contributed by atoms with Crippen molar-refractivity contribution in [2.24, 2.45) is 17.7 Å². The molecule has 1 rings (SSSR count). The van der Waals surface area contributed by atoms with E-state index in [0.29, 0.717) is 18.8 Å². The molecule has 19 heavy (non-hydrogen) atoms. The predicted molar refractivity (Wildman–Crippen MR) is 71.4 cm³/mol. The van der Waals surface area contributed by atoms with Crippen molar-refractivity contribution in [3.05, 3.63) is 0 Å². The minimum Gasteiger partial charge on any atom is -0.271 e. The summed E-state index contributed by atoms with van der Waals surface area (Å²) in [6.45, 7) is 2.16. The van der Waals surface area contributed by atoms with Crippen LogP contribution in [0.25, 0.3) is 0 Å². The van der Waals surface area contributed by atoms with E-state index < -0.39 is 12.1 Å². The molecule has 0 amide bonds. The zero-order chi connectivity index (χ0) is 14.3. The smallest absolute Gasteiger partial charge is 0.271 e. The van der Waals surface area contributed by atoms with Crippen LogP contribution in [0.5, 0.6) is 0 Å². The summed E-state index contributed by atoms with van der Waals surface area (Å²) in [6.07, 6.45) is 3.50. The summed E-state index contributed by atoms with van der Waals surface area (Å²) in [6, 6.07) is 0.186. The van der Waals surface area contributed by atoms with Gasteiger partial charge in [-0.3, -0.25) is 11.3 Å². The molecule has 1 fully saturated rings. The molecule has 0 aliphatic heterocycles. The van der Waals surface area contributed by atoms with Gasteiger partial charge in [-0.1, -0.05) is 32.6 Å². The molecule has 0 heterocycles. The highest BCUT2D eigenvalue weighted by atomic mass is 19.4. The average molecular weight is 280 g/mol. The normalized spacial score (nSPS) is 26.4. The molecular weight excluding hydrogens is 253 g/mol. The standard InChI is InChI=1S/C14H27F3N2/c1-2-3-4-5-6-13(19-18)11-7-9-12(10-8-11)14(15,16)17/h11-13,19H,2-10,18H2,1H3. The van der Waals surface area contributed by atoms with Crippen LogP contribution in [0.15, 0.2) is 0 Å². The lowest BCUT2D eigenvalue weighted by atomic mass is 9.77. The number of rotatable bonds is 7. The molecule has 0 saturated heterocycles. The van der Waals surface area contributed by atoms with Gasteiger partial charge in [-0.15, -0.1) is 0 Å². The second-order valence-corrected chi connectivity index (χ2v) is 5.78. The van der Waals surface area contributed by atoms with Crippen molar-refractivity contribution in [3.63, 3.8) is 0 Å². The molecule has 3 N–H and O–H groups in total. The zero-order valence-electron chi connectivity index (χ0n) is 11.8. The molecule has 1 aliphatic carbocycles. The molecule has 2 nitrogen and oxygen atoms in total. The lowest BCUT2D eigenvalue weighted by Crippen LogP contribution is -2.43. The molecule has 1 saturated carbocycles. The van der Waals surface area contributed by atoms with E-state index in [0.717, 1.165) is 12.8 Å². The third kappa shape index (κ3) is 5.69. The van der Waals surface area contributed by atoms with Gasteiger partial charge >= 0.3 is 6.18 Å². The monoisotopic (exact) mass is 280 g/mol. The highest BCUT2D eigenvalue weighted by Crippen LogP contribution is 2.40. The maximum atomic E-state index is 12.6. The number of nitrogens with one attached hydrogen (secondary N) is 1. The van der Waals surface area contributed by atoms with Gasteiger partial charge in [-0.2, -0.15) is 13.2 Å². The summed E-state index contributed by atoms with van der Waals surface area (Å²) in [7, 11) is 0. The Labute approximate surface area is 114 Å². The molecule has 1 aliphatic rings. The molecule has 0 bridgehead atoms. The molecule has 0 aromatic heterocycles. The summed E-state index contributed by atoms with van der Waals surface area (Å²) in [5, 5.41) is 0. The zero-order valence-corrected chi connectivity index (χ0v) is 11.8. The molecular formula is C14H27F3N2. The summed E-state index contributed by atoms with van der Waals surface area (Å²) in [4.78, 5) is 0. The van der Waals surface area contributed by atoms with E-state index in [1.807, 2.05) is 0 Å². The lowest BCUT2D eigenvalue weighted by Gasteiger charge is -2.34. The lowest BCUT2D eigenvalue weighted by molar-refractivity contribution is -0.184. The number of halogens is 3. The first-order valence-electron chi connectivity index (χ1n) is 7.51. The minimum absolute atomic E-state index is 0.186. The average Bonchev–Trinajstić information content (AvgIpc) is 2.38. The first-order valence-corrected chi connectivity index (χ1v) is 7.51. The first kappa shape index (κ1) is 16.8. The van der Waals surface area contributed by atoms with Crippen LogP contribution in [-0.4, -0.2) is 12.2 Å². The van der Waals surface area contributed by atoms with E-state index in [1.165, 1.54) is 19.3 Å². The summed E-state index contributed by atoms with van der Waals surface area (Å²) < 4.78 is 37.8. The van der Waals surface area contributed by atoms with Crippen molar-refractivity contribution in [2.45, 2.75) is 76.9 Å². The predicted octanol–water partition coefficient (Wildman–Crippen LogP) is 4.16.